The molecule has 0 spiro atoms. The molecule has 1 amide bonds. The van der Waals surface area contributed by atoms with E-state index < -0.39 is 5.82 Å². The van der Waals surface area contributed by atoms with Gasteiger partial charge in [0.05, 0.1) is 36.2 Å². The van der Waals surface area contributed by atoms with Crippen LogP contribution in [0.1, 0.15) is 40.0 Å². The summed E-state index contributed by atoms with van der Waals surface area (Å²) < 4.78 is 25.2. The number of halogens is 1. The third-order valence-corrected chi connectivity index (χ3v) is 8.34. The average Bonchev–Trinajstić information content (AvgIpc) is 3.41. The first kappa shape index (κ1) is 25.8. The van der Waals surface area contributed by atoms with Crippen LogP contribution in [0.4, 0.5) is 15.9 Å². The number of aromatic nitrogens is 2. The molecule has 4 atom stereocenters. The molecule has 1 aliphatic carbocycles. The summed E-state index contributed by atoms with van der Waals surface area (Å²) >= 11 is 1.19. The largest absolute Gasteiger partial charge is 0.397 e. The minimum atomic E-state index is -0.431. The number of thiophene rings is 1. The van der Waals surface area contributed by atoms with Crippen molar-refractivity contribution in [2.45, 2.75) is 57.4 Å². The molecule has 1 aliphatic heterocycles. The van der Waals surface area contributed by atoms with E-state index in [1.165, 1.54) is 17.4 Å². The van der Waals surface area contributed by atoms with E-state index in [-0.39, 0.29) is 41.6 Å². The summed E-state index contributed by atoms with van der Waals surface area (Å²) in [6.07, 6.45) is 2.17. The molecule has 0 aromatic carbocycles. The first-order chi connectivity index (χ1) is 17.7. The van der Waals surface area contributed by atoms with E-state index in [4.69, 9.17) is 25.9 Å². The van der Waals surface area contributed by atoms with Crippen LogP contribution in [0.5, 0.6) is 0 Å². The maximum Gasteiger partial charge on any atom is 0.263 e. The zero-order valence-corrected chi connectivity index (χ0v) is 22.1. The van der Waals surface area contributed by atoms with E-state index in [2.05, 4.69) is 21.3 Å². The number of nitrogens with zero attached hydrogens (tertiary/aromatic N) is 3. The lowest BCUT2D eigenvalue weighted by Crippen LogP contribution is -2.39. The van der Waals surface area contributed by atoms with E-state index in [0.717, 1.165) is 29.9 Å². The summed E-state index contributed by atoms with van der Waals surface area (Å²) in [6.45, 7) is 5.45. The van der Waals surface area contributed by atoms with Crippen LogP contribution in [-0.4, -0.2) is 67.0 Å². The number of nitrogen functional groups attached to an aromatic ring is 1. The molecule has 37 heavy (non-hydrogen) atoms. The van der Waals surface area contributed by atoms with Gasteiger partial charge in [0.1, 0.15) is 21.3 Å². The molecule has 0 radical (unpaired) electrons. The second-order valence-electron chi connectivity index (χ2n) is 9.93. The summed E-state index contributed by atoms with van der Waals surface area (Å²) in [5.74, 6) is 0.214. The average molecular weight is 529 g/mol. The van der Waals surface area contributed by atoms with Crippen molar-refractivity contribution in [1.29, 1.82) is 0 Å². The minimum Gasteiger partial charge on any atom is -0.397 e. The molecule has 1 fully saturated rings. The molecule has 11 heteroatoms. The number of fused-ring (bicyclic) bond motifs is 2. The van der Waals surface area contributed by atoms with E-state index in [1.807, 2.05) is 13.0 Å². The summed E-state index contributed by atoms with van der Waals surface area (Å²) in [6, 6.07) is 5.33. The monoisotopic (exact) mass is 528 g/mol. The van der Waals surface area contributed by atoms with Crippen LogP contribution in [0, 0.1) is 12.7 Å². The van der Waals surface area contributed by atoms with Gasteiger partial charge in [0, 0.05) is 37.3 Å². The topological polar surface area (TPSA) is 129 Å². The Morgan fingerprint density at radius 3 is 2.95 bits per heavy atom. The number of anilines is 2. The number of carbonyl (C=O) groups excluding carboxylic acids is 1. The lowest BCUT2D eigenvalue weighted by atomic mass is 9.91. The van der Waals surface area contributed by atoms with E-state index >= 15 is 0 Å². The van der Waals surface area contributed by atoms with Crippen LogP contribution in [0.25, 0.3) is 10.2 Å². The third-order valence-electron chi connectivity index (χ3n) is 7.22. The van der Waals surface area contributed by atoms with Gasteiger partial charge in [-0.05, 0) is 50.8 Å². The van der Waals surface area contributed by atoms with Gasteiger partial charge in [-0.3, -0.25) is 4.79 Å². The number of pyridine rings is 2. The summed E-state index contributed by atoms with van der Waals surface area (Å²) in [5, 5.41) is 3.58. The molecule has 5 rings (SSSR count). The molecule has 198 valence electrons. The number of nitrogens with two attached hydrogens (primary N) is 2. The Morgan fingerprint density at radius 2 is 2.16 bits per heavy atom. The number of carbonyl (C=O) groups is 1. The SMILES string of the molecule is COC(C)COC1CN(c2ccc3c(n2)CCC(NC(=O)c2sc4nc(C)c(F)cc4c2N)C3)CC1N. The van der Waals surface area contributed by atoms with Gasteiger partial charge in [-0.25, -0.2) is 14.4 Å². The standard InChI is InChI=1S/C26H33FN6O3S/c1-13(35-3)12-36-21-11-33(10-19(21)28)22-7-4-15-8-16(5-6-20(15)32-22)31-25(34)24-23(29)17-9-18(27)14(2)30-26(17)37-24/h4,7,9,13,16,19,21H,5-6,8,10-12,28-29H2,1-3H3,(H,31,34). The highest BCUT2D eigenvalue weighted by Gasteiger charge is 2.33. The highest BCUT2D eigenvalue weighted by atomic mass is 32.1. The van der Waals surface area contributed by atoms with Crippen LogP contribution >= 0.6 is 11.3 Å². The zero-order valence-electron chi connectivity index (χ0n) is 21.3. The van der Waals surface area contributed by atoms with Crippen molar-refractivity contribution in [3.8, 4) is 0 Å². The van der Waals surface area contributed by atoms with E-state index in [1.54, 1.807) is 14.0 Å². The molecule has 0 saturated carbocycles. The molecule has 0 bridgehead atoms. The fourth-order valence-electron chi connectivity index (χ4n) is 4.91. The van der Waals surface area contributed by atoms with Crippen LogP contribution in [0.3, 0.4) is 0 Å². The fraction of sp³-hybridized carbons (Fsp3) is 0.500. The Bertz CT molecular complexity index is 1320. The molecule has 9 nitrogen and oxygen atoms in total. The van der Waals surface area contributed by atoms with Crippen molar-refractivity contribution in [2.24, 2.45) is 5.73 Å². The van der Waals surface area contributed by atoms with Crippen LogP contribution in [0.2, 0.25) is 0 Å². The summed E-state index contributed by atoms with van der Waals surface area (Å²) in [4.78, 5) is 25.3. The summed E-state index contributed by atoms with van der Waals surface area (Å²) in [5.41, 5.74) is 15.2. The molecule has 3 aromatic rings. The molecular formula is C26H33FN6O3S. The van der Waals surface area contributed by atoms with Crippen molar-refractivity contribution in [3.05, 3.63) is 45.8 Å². The second-order valence-corrected chi connectivity index (χ2v) is 10.9. The lowest BCUT2D eigenvalue weighted by Gasteiger charge is -2.26. The first-order valence-electron chi connectivity index (χ1n) is 12.5. The maximum atomic E-state index is 14.0. The molecule has 5 N–H and O–H groups in total. The van der Waals surface area contributed by atoms with Crippen LogP contribution in [-0.2, 0) is 22.3 Å². The van der Waals surface area contributed by atoms with Gasteiger partial charge in [-0.15, -0.1) is 11.3 Å². The molecule has 3 aromatic heterocycles. The van der Waals surface area contributed by atoms with E-state index in [0.29, 0.717) is 41.2 Å². The van der Waals surface area contributed by atoms with Gasteiger partial charge in [0.2, 0.25) is 0 Å². The van der Waals surface area contributed by atoms with Crippen molar-refractivity contribution in [1.82, 2.24) is 15.3 Å². The minimum absolute atomic E-state index is 0.0238. The van der Waals surface area contributed by atoms with Gasteiger partial charge < -0.3 is 31.2 Å². The number of aryl methyl sites for hydroxylation is 2. The Labute approximate surface area is 219 Å². The molecule has 2 aliphatic rings. The number of hydrogen-bond acceptors (Lipinski definition) is 9. The van der Waals surface area contributed by atoms with Gasteiger partial charge in [-0.2, -0.15) is 0 Å². The molecule has 1 saturated heterocycles. The Hall–Kier alpha value is -2.86. The van der Waals surface area contributed by atoms with Gasteiger partial charge >= 0.3 is 0 Å². The van der Waals surface area contributed by atoms with Crippen molar-refractivity contribution in [3.63, 3.8) is 0 Å². The second kappa shape index (κ2) is 10.5. The molecule has 4 heterocycles. The van der Waals surface area contributed by atoms with Gasteiger partial charge in [-0.1, -0.05) is 6.07 Å². The predicted molar refractivity (Wildman–Crippen MR) is 143 cm³/mol. The normalized spacial score (nSPS) is 22.3. The Morgan fingerprint density at radius 1 is 1.35 bits per heavy atom. The third kappa shape index (κ3) is 5.26. The number of methoxy groups -OCH3 is 1. The maximum absolute atomic E-state index is 14.0. The first-order valence-corrected chi connectivity index (χ1v) is 13.3. The number of ether oxygens (including phenoxy) is 2. The van der Waals surface area contributed by atoms with Gasteiger partial charge in [0.15, 0.2) is 0 Å². The van der Waals surface area contributed by atoms with Crippen molar-refractivity contribution < 1.29 is 18.7 Å². The number of rotatable bonds is 7. The number of hydrogen-bond donors (Lipinski definition) is 3. The van der Waals surface area contributed by atoms with Crippen molar-refractivity contribution in [2.75, 3.05) is 37.4 Å². The van der Waals surface area contributed by atoms with Gasteiger partial charge in [0.25, 0.3) is 5.91 Å². The summed E-state index contributed by atoms with van der Waals surface area (Å²) in [7, 11) is 1.67. The molecule has 4 unspecified atom stereocenters. The van der Waals surface area contributed by atoms with Crippen LogP contribution < -0.4 is 21.7 Å². The van der Waals surface area contributed by atoms with Crippen LogP contribution in [0.15, 0.2) is 18.2 Å². The van der Waals surface area contributed by atoms with E-state index in [9.17, 15) is 9.18 Å². The lowest BCUT2D eigenvalue weighted by molar-refractivity contribution is -0.0166. The fourth-order valence-corrected chi connectivity index (χ4v) is 5.94. The predicted octanol–water partition coefficient (Wildman–Crippen LogP) is 2.58. The number of amides is 1. The van der Waals surface area contributed by atoms with Crippen molar-refractivity contribution >= 4 is 39.0 Å². The Kier molecular flexibility index (Phi) is 7.30. The zero-order chi connectivity index (χ0) is 26.3. The molecular weight excluding hydrogens is 495 g/mol. The quantitative estimate of drug-likeness (QED) is 0.427. The smallest absolute Gasteiger partial charge is 0.263 e. The number of nitrogens with one attached hydrogen (secondary N) is 1. The Balaban J connectivity index is 1.23. The highest BCUT2D eigenvalue weighted by Crippen LogP contribution is 2.34. The highest BCUT2D eigenvalue weighted by molar-refractivity contribution is 7.21.